The van der Waals surface area contributed by atoms with E-state index in [9.17, 15) is 0 Å². The zero-order chi connectivity index (χ0) is 12.1. The summed E-state index contributed by atoms with van der Waals surface area (Å²) in [5.74, 6) is 1.03. The van der Waals surface area contributed by atoms with E-state index in [0.717, 1.165) is 25.7 Å². The Balaban J connectivity index is 2.07. The number of nitrogens with one attached hydrogen (secondary N) is 1. The standard InChI is InChI=1S/C12H16N4O/c13-8-11-12(15-6-5-14-11)16-10-3-1-2-9(10)4-7-17/h5-6,9-10,17H,1-4,7H2,(H,15,16). The first-order valence-electron chi connectivity index (χ1n) is 5.93. The number of hydrogen-bond donors (Lipinski definition) is 2. The van der Waals surface area contributed by atoms with Gasteiger partial charge in [0.25, 0.3) is 0 Å². The number of aliphatic hydroxyl groups is 1. The quantitative estimate of drug-likeness (QED) is 0.818. The van der Waals surface area contributed by atoms with Crippen LogP contribution in [0.15, 0.2) is 12.4 Å². The Morgan fingerprint density at radius 1 is 1.41 bits per heavy atom. The van der Waals surface area contributed by atoms with Crippen molar-refractivity contribution >= 4 is 5.82 Å². The number of aromatic nitrogens is 2. The Morgan fingerprint density at radius 2 is 2.24 bits per heavy atom. The third kappa shape index (κ3) is 2.71. The Kier molecular flexibility index (Phi) is 3.89. The van der Waals surface area contributed by atoms with E-state index in [1.54, 1.807) is 6.20 Å². The topological polar surface area (TPSA) is 81.8 Å². The normalized spacial score (nSPS) is 23.3. The molecule has 1 heterocycles. The van der Waals surface area contributed by atoms with E-state index in [0.29, 0.717) is 23.5 Å². The number of nitriles is 1. The Hall–Kier alpha value is -1.67. The molecule has 2 atom stereocenters. The molecule has 0 aliphatic heterocycles. The molecule has 1 aliphatic carbocycles. The molecule has 1 fully saturated rings. The molecule has 5 nitrogen and oxygen atoms in total. The molecule has 0 saturated heterocycles. The zero-order valence-electron chi connectivity index (χ0n) is 9.63. The van der Waals surface area contributed by atoms with Crippen LogP contribution in [0.25, 0.3) is 0 Å². The first-order chi connectivity index (χ1) is 8.35. The van der Waals surface area contributed by atoms with Crippen LogP contribution in [0.3, 0.4) is 0 Å². The van der Waals surface area contributed by atoms with Crippen molar-refractivity contribution < 1.29 is 5.11 Å². The average Bonchev–Trinajstić information content (AvgIpc) is 2.78. The van der Waals surface area contributed by atoms with Crippen molar-refractivity contribution in [2.45, 2.75) is 31.7 Å². The van der Waals surface area contributed by atoms with Crippen molar-refractivity contribution in [2.24, 2.45) is 5.92 Å². The largest absolute Gasteiger partial charge is 0.396 e. The molecule has 1 aromatic rings. The number of rotatable bonds is 4. The van der Waals surface area contributed by atoms with Gasteiger partial charge in [-0.2, -0.15) is 5.26 Å². The van der Waals surface area contributed by atoms with E-state index in [2.05, 4.69) is 15.3 Å². The van der Waals surface area contributed by atoms with E-state index in [1.807, 2.05) is 6.07 Å². The Morgan fingerprint density at radius 3 is 3.00 bits per heavy atom. The van der Waals surface area contributed by atoms with Crippen LogP contribution in [-0.4, -0.2) is 27.7 Å². The summed E-state index contributed by atoms with van der Waals surface area (Å²) in [5, 5.41) is 21.2. The van der Waals surface area contributed by atoms with Gasteiger partial charge in [-0.05, 0) is 25.2 Å². The molecule has 90 valence electrons. The first kappa shape index (κ1) is 11.8. The van der Waals surface area contributed by atoms with Crippen LogP contribution >= 0.6 is 0 Å². The maximum atomic E-state index is 9.00. The molecule has 5 heteroatoms. The minimum atomic E-state index is 0.217. The molecular formula is C12H16N4O. The van der Waals surface area contributed by atoms with Crippen LogP contribution in [0, 0.1) is 17.2 Å². The lowest BCUT2D eigenvalue weighted by atomic mass is 10.00. The fourth-order valence-corrected chi connectivity index (χ4v) is 2.44. The molecule has 0 radical (unpaired) electrons. The highest BCUT2D eigenvalue weighted by molar-refractivity contribution is 5.47. The van der Waals surface area contributed by atoms with Crippen LogP contribution in [0.4, 0.5) is 5.82 Å². The fourth-order valence-electron chi connectivity index (χ4n) is 2.44. The number of nitrogens with zero attached hydrogens (tertiary/aromatic N) is 3. The highest BCUT2D eigenvalue weighted by Crippen LogP contribution is 2.30. The van der Waals surface area contributed by atoms with E-state index in [-0.39, 0.29) is 6.61 Å². The van der Waals surface area contributed by atoms with Gasteiger partial charge in [-0.3, -0.25) is 0 Å². The molecule has 2 rings (SSSR count). The van der Waals surface area contributed by atoms with Gasteiger partial charge >= 0.3 is 0 Å². The monoisotopic (exact) mass is 232 g/mol. The minimum absolute atomic E-state index is 0.217. The van der Waals surface area contributed by atoms with Crippen molar-refractivity contribution in [3.05, 3.63) is 18.1 Å². The van der Waals surface area contributed by atoms with Gasteiger partial charge in [-0.1, -0.05) is 6.42 Å². The molecule has 2 unspecified atom stereocenters. The molecule has 0 amide bonds. The molecule has 1 aliphatic rings. The maximum absolute atomic E-state index is 9.00. The Labute approximate surface area is 101 Å². The summed E-state index contributed by atoms with van der Waals surface area (Å²) in [6.45, 7) is 0.217. The SMILES string of the molecule is N#Cc1nccnc1NC1CCCC1CCO. The predicted octanol–water partition coefficient (Wildman–Crippen LogP) is 1.31. The predicted molar refractivity (Wildman–Crippen MR) is 63.2 cm³/mol. The van der Waals surface area contributed by atoms with Crippen LogP contribution in [0.1, 0.15) is 31.4 Å². The molecule has 17 heavy (non-hydrogen) atoms. The second-order valence-electron chi connectivity index (χ2n) is 4.32. The van der Waals surface area contributed by atoms with Crippen molar-refractivity contribution in [3.8, 4) is 6.07 Å². The third-order valence-electron chi connectivity index (χ3n) is 3.29. The number of hydrogen-bond acceptors (Lipinski definition) is 5. The van der Waals surface area contributed by atoms with Gasteiger partial charge in [-0.25, -0.2) is 9.97 Å². The van der Waals surface area contributed by atoms with Crippen LogP contribution < -0.4 is 5.32 Å². The lowest BCUT2D eigenvalue weighted by Gasteiger charge is -2.20. The van der Waals surface area contributed by atoms with Gasteiger partial charge < -0.3 is 10.4 Å². The summed E-state index contributed by atoms with van der Waals surface area (Å²) in [6, 6.07) is 2.33. The van der Waals surface area contributed by atoms with Crippen molar-refractivity contribution in [1.29, 1.82) is 5.26 Å². The molecule has 2 N–H and O–H groups in total. The van der Waals surface area contributed by atoms with Crippen LogP contribution in [-0.2, 0) is 0 Å². The van der Waals surface area contributed by atoms with Crippen molar-refractivity contribution in [3.63, 3.8) is 0 Å². The van der Waals surface area contributed by atoms with Gasteiger partial charge in [-0.15, -0.1) is 0 Å². The van der Waals surface area contributed by atoms with E-state index < -0.39 is 0 Å². The van der Waals surface area contributed by atoms with Gasteiger partial charge in [0.2, 0.25) is 0 Å². The van der Waals surface area contributed by atoms with Gasteiger partial charge in [0.15, 0.2) is 11.5 Å². The number of aliphatic hydroxyl groups excluding tert-OH is 1. The molecular weight excluding hydrogens is 216 g/mol. The Bertz CT molecular complexity index is 415. The maximum Gasteiger partial charge on any atom is 0.182 e. The average molecular weight is 232 g/mol. The minimum Gasteiger partial charge on any atom is -0.396 e. The highest BCUT2D eigenvalue weighted by Gasteiger charge is 2.27. The van der Waals surface area contributed by atoms with Crippen molar-refractivity contribution in [2.75, 3.05) is 11.9 Å². The molecule has 1 saturated carbocycles. The summed E-state index contributed by atoms with van der Waals surface area (Å²) in [6.07, 6.45) is 7.25. The van der Waals surface area contributed by atoms with Crippen LogP contribution in [0.2, 0.25) is 0 Å². The van der Waals surface area contributed by atoms with E-state index >= 15 is 0 Å². The summed E-state index contributed by atoms with van der Waals surface area (Å²) in [7, 11) is 0. The smallest absolute Gasteiger partial charge is 0.182 e. The van der Waals surface area contributed by atoms with Gasteiger partial charge in [0.05, 0.1) is 0 Å². The first-order valence-corrected chi connectivity index (χ1v) is 5.93. The lowest BCUT2D eigenvalue weighted by Crippen LogP contribution is -2.25. The molecule has 0 aromatic carbocycles. The third-order valence-corrected chi connectivity index (χ3v) is 3.29. The summed E-state index contributed by atoms with van der Waals surface area (Å²) in [4.78, 5) is 8.12. The van der Waals surface area contributed by atoms with Gasteiger partial charge in [0.1, 0.15) is 6.07 Å². The van der Waals surface area contributed by atoms with Gasteiger partial charge in [0, 0.05) is 25.0 Å². The second kappa shape index (κ2) is 5.60. The molecule has 0 spiro atoms. The summed E-state index contributed by atoms with van der Waals surface area (Å²) < 4.78 is 0. The molecule has 1 aromatic heterocycles. The van der Waals surface area contributed by atoms with E-state index in [1.165, 1.54) is 6.20 Å². The summed E-state index contributed by atoms with van der Waals surface area (Å²) in [5.41, 5.74) is 0.335. The fraction of sp³-hybridized carbons (Fsp3) is 0.583. The lowest BCUT2D eigenvalue weighted by molar-refractivity contribution is 0.254. The highest BCUT2D eigenvalue weighted by atomic mass is 16.3. The van der Waals surface area contributed by atoms with Crippen molar-refractivity contribution in [1.82, 2.24) is 9.97 Å². The van der Waals surface area contributed by atoms with E-state index in [4.69, 9.17) is 10.4 Å². The second-order valence-corrected chi connectivity index (χ2v) is 4.32. The summed E-state index contributed by atoms with van der Waals surface area (Å²) >= 11 is 0. The number of anilines is 1. The molecule has 0 bridgehead atoms. The van der Waals surface area contributed by atoms with Crippen LogP contribution in [0.5, 0.6) is 0 Å². The zero-order valence-corrected chi connectivity index (χ0v) is 9.63.